The van der Waals surface area contributed by atoms with Gasteiger partial charge in [0, 0.05) is 24.8 Å². The molecule has 0 spiro atoms. The lowest BCUT2D eigenvalue weighted by atomic mass is 9.85. The Morgan fingerprint density at radius 1 is 0.784 bits per heavy atom. The van der Waals surface area contributed by atoms with Crippen LogP contribution in [0.3, 0.4) is 0 Å². The first-order valence-corrected chi connectivity index (χ1v) is 16.8. The molecule has 3 aromatic rings. The molecule has 1 aromatic heterocycles. The number of carbonyl (C=O) groups excluding carboxylic acids is 4. The van der Waals surface area contributed by atoms with Crippen LogP contribution in [0.4, 0.5) is 4.79 Å². The first kappa shape index (κ1) is 40.6. The van der Waals surface area contributed by atoms with Crippen LogP contribution in [-0.2, 0) is 32.1 Å². The van der Waals surface area contributed by atoms with Crippen molar-refractivity contribution in [1.82, 2.24) is 31.4 Å². The molecule has 51 heavy (non-hydrogen) atoms. The van der Waals surface area contributed by atoms with Crippen molar-refractivity contribution in [2.24, 2.45) is 10.8 Å². The van der Waals surface area contributed by atoms with E-state index in [1.807, 2.05) is 72.8 Å². The highest BCUT2D eigenvalue weighted by Gasteiger charge is 2.37. The van der Waals surface area contributed by atoms with Gasteiger partial charge in [-0.3, -0.25) is 24.8 Å². The number of pyridine rings is 1. The molecule has 13 heteroatoms. The maximum absolute atomic E-state index is 13.8. The third-order valence-electron chi connectivity index (χ3n) is 8.21. The summed E-state index contributed by atoms with van der Waals surface area (Å²) >= 11 is 0. The molecule has 1 heterocycles. The molecule has 6 N–H and O–H groups in total. The van der Waals surface area contributed by atoms with Gasteiger partial charge in [0.15, 0.2) is 0 Å². The monoisotopic (exact) mass is 704 g/mol. The lowest BCUT2D eigenvalue weighted by Gasteiger charge is -2.36. The molecule has 0 aliphatic rings. The number of aromatic nitrogens is 1. The normalized spacial score (nSPS) is 14.1. The van der Waals surface area contributed by atoms with Gasteiger partial charge in [0.05, 0.1) is 24.9 Å². The number of rotatable bonds is 15. The zero-order chi connectivity index (χ0) is 37.8. The lowest BCUT2D eigenvalue weighted by molar-refractivity contribution is -0.134. The molecule has 0 aliphatic carbocycles. The molecule has 0 fully saturated rings. The van der Waals surface area contributed by atoms with Gasteiger partial charge < -0.3 is 30.9 Å². The number of aliphatic hydroxyl groups excluding tert-OH is 2. The summed E-state index contributed by atoms with van der Waals surface area (Å²) in [5, 5.41) is 30.8. The van der Waals surface area contributed by atoms with Crippen molar-refractivity contribution in [3.05, 3.63) is 90.1 Å². The standard InChI is InChI=1S/C38H52N6O7/c1-37(2,3)32(41-31(47)24-45)34(48)40-29(21-25-13-9-8-10-14-25)30(46)23-44(43-35(49)33(38(4,5)6)42-36(50)51-7)22-26-16-18-27(19-17-26)28-15-11-12-20-39-28/h8-20,29-30,32-33,45-46H,21-24H2,1-7H3,(H,40,48)(H,41,47)(H,42,50)(H,43,49). The molecule has 276 valence electrons. The number of alkyl carbamates (subject to hydrolysis) is 1. The summed E-state index contributed by atoms with van der Waals surface area (Å²) in [6.07, 6.45) is -0.0644. The van der Waals surface area contributed by atoms with Crippen molar-refractivity contribution >= 4 is 23.8 Å². The summed E-state index contributed by atoms with van der Waals surface area (Å²) in [4.78, 5) is 56.3. The molecule has 0 radical (unpaired) electrons. The van der Waals surface area contributed by atoms with Crippen molar-refractivity contribution in [2.45, 2.75) is 78.7 Å². The Bertz CT molecular complexity index is 1570. The second-order valence-corrected chi connectivity index (χ2v) is 14.6. The number of amides is 4. The summed E-state index contributed by atoms with van der Waals surface area (Å²) in [7, 11) is 1.21. The first-order chi connectivity index (χ1) is 24.0. The van der Waals surface area contributed by atoms with E-state index < -0.39 is 65.5 Å². The van der Waals surface area contributed by atoms with E-state index in [4.69, 9.17) is 4.74 Å². The van der Waals surface area contributed by atoms with Crippen LogP contribution < -0.4 is 21.4 Å². The van der Waals surface area contributed by atoms with Crippen LogP contribution in [0, 0.1) is 10.8 Å². The first-order valence-electron chi connectivity index (χ1n) is 16.8. The molecule has 0 saturated heterocycles. The minimum Gasteiger partial charge on any atom is -0.453 e. The number of ether oxygens (including phenoxy) is 1. The van der Waals surface area contributed by atoms with Crippen molar-refractivity contribution in [3.63, 3.8) is 0 Å². The van der Waals surface area contributed by atoms with Gasteiger partial charge in [-0.2, -0.15) is 0 Å². The van der Waals surface area contributed by atoms with Gasteiger partial charge in [0.25, 0.3) is 5.91 Å². The van der Waals surface area contributed by atoms with Gasteiger partial charge in [-0.25, -0.2) is 9.80 Å². The van der Waals surface area contributed by atoms with E-state index in [1.165, 1.54) is 7.11 Å². The average molecular weight is 705 g/mol. The van der Waals surface area contributed by atoms with Crippen molar-refractivity contribution in [2.75, 3.05) is 20.3 Å². The number of nitrogens with zero attached hydrogens (tertiary/aromatic N) is 2. The molecule has 3 rings (SSSR count). The Morgan fingerprint density at radius 3 is 1.94 bits per heavy atom. The number of carbonyl (C=O) groups is 4. The maximum atomic E-state index is 13.8. The third-order valence-corrected chi connectivity index (χ3v) is 8.21. The fourth-order valence-electron chi connectivity index (χ4n) is 5.41. The summed E-state index contributed by atoms with van der Waals surface area (Å²) in [5.74, 6) is -1.78. The predicted octanol–water partition coefficient (Wildman–Crippen LogP) is 2.96. The number of benzene rings is 2. The highest BCUT2D eigenvalue weighted by Crippen LogP contribution is 2.22. The lowest BCUT2D eigenvalue weighted by Crippen LogP contribution is -2.61. The van der Waals surface area contributed by atoms with E-state index in [1.54, 1.807) is 52.7 Å². The van der Waals surface area contributed by atoms with E-state index in [9.17, 15) is 29.4 Å². The highest BCUT2D eigenvalue weighted by atomic mass is 16.5. The molecule has 2 aromatic carbocycles. The Hall–Kier alpha value is -4.85. The summed E-state index contributed by atoms with van der Waals surface area (Å²) < 4.78 is 4.77. The average Bonchev–Trinajstić information content (AvgIpc) is 3.08. The summed E-state index contributed by atoms with van der Waals surface area (Å²) in [6.45, 7) is 9.98. The summed E-state index contributed by atoms with van der Waals surface area (Å²) in [6, 6.07) is 19.7. The smallest absolute Gasteiger partial charge is 0.407 e. The molecule has 13 nitrogen and oxygen atoms in total. The maximum Gasteiger partial charge on any atom is 0.407 e. The van der Waals surface area contributed by atoms with Gasteiger partial charge in [-0.15, -0.1) is 0 Å². The number of hydrogen-bond acceptors (Lipinski definition) is 9. The quantitative estimate of drug-likeness (QED) is 0.130. The fourth-order valence-corrected chi connectivity index (χ4v) is 5.41. The highest BCUT2D eigenvalue weighted by molar-refractivity contribution is 5.89. The Kier molecular flexibility index (Phi) is 14.6. The molecule has 4 atom stereocenters. The van der Waals surface area contributed by atoms with Gasteiger partial charge in [-0.05, 0) is 40.5 Å². The van der Waals surface area contributed by atoms with Gasteiger partial charge in [-0.1, -0.05) is 102 Å². The van der Waals surface area contributed by atoms with Gasteiger partial charge >= 0.3 is 6.09 Å². The zero-order valence-electron chi connectivity index (χ0n) is 30.5. The SMILES string of the molecule is COC(=O)NC(C(=O)NN(Cc1ccc(-c2ccccn2)cc1)CC(O)C(Cc1ccccc1)NC(=O)C(NC(=O)CO)C(C)(C)C)C(C)(C)C. The van der Waals surface area contributed by atoms with Gasteiger partial charge in [0.2, 0.25) is 11.8 Å². The number of hydrazine groups is 1. The largest absolute Gasteiger partial charge is 0.453 e. The minimum absolute atomic E-state index is 0.135. The number of methoxy groups -OCH3 is 1. The molecule has 0 bridgehead atoms. The third kappa shape index (κ3) is 12.8. The van der Waals surface area contributed by atoms with Crippen molar-refractivity contribution in [3.8, 4) is 11.3 Å². The van der Waals surface area contributed by atoms with Crippen LogP contribution in [0.2, 0.25) is 0 Å². The number of aliphatic hydroxyl groups is 2. The van der Waals surface area contributed by atoms with E-state index in [0.29, 0.717) is 0 Å². The predicted molar refractivity (Wildman–Crippen MR) is 194 cm³/mol. The molecule has 4 unspecified atom stereocenters. The van der Waals surface area contributed by atoms with Crippen LogP contribution in [0.1, 0.15) is 52.7 Å². The van der Waals surface area contributed by atoms with Crippen LogP contribution >= 0.6 is 0 Å². The van der Waals surface area contributed by atoms with Crippen molar-refractivity contribution in [1.29, 1.82) is 0 Å². The second-order valence-electron chi connectivity index (χ2n) is 14.6. The molecule has 4 amide bonds. The topological polar surface area (TPSA) is 182 Å². The van der Waals surface area contributed by atoms with E-state index in [0.717, 1.165) is 22.4 Å². The Morgan fingerprint density at radius 2 is 1.39 bits per heavy atom. The molecular formula is C38H52N6O7. The Balaban J connectivity index is 1.96. The molecule has 0 aliphatic heterocycles. The van der Waals surface area contributed by atoms with E-state index in [-0.39, 0.29) is 19.5 Å². The Labute approximate surface area is 300 Å². The van der Waals surface area contributed by atoms with E-state index >= 15 is 0 Å². The van der Waals surface area contributed by atoms with Crippen LogP contribution in [0.15, 0.2) is 79.0 Å². The molecular weight excluding hydrogens is 652 g/mol. The minimum atomic E-state index is -1.24. The van der Waals surface area contributed by atoms with Crippen LogP contribution in [0.25, 0.3) is 11.3 Å². The van der Waals surface area contributed by atoms with Crippen LogP contribution in [0.5, 0.6) is 0 Å². The fraction of sp³-hybridized carbons (Fsp3) is 0.447. The van der Waals surface area contributed by atoms with Crippen molar-refractivity contribution < 1.29 is 34.1 Å². The zero-order valence-corrected chi connectivity index (χ0v) is 30.5. The van der Waals surface area contributed by atoms with Crippen LogP contribution in [-0.4, -0.2) is 88.5 Å². The van der Waals surface area contributed by atoms with Gasteiger partial charge in [0.1, 0.15) is 18.7 Å². The second kappa shape index (κ2) is 18.4. The summed E-state index contributed by atoms with van der Waals surface area (Å²) in [5.41, 5.74) is 4.79. The molecule has 0 saturated carbocycles. The number of hydrogen-bond donors (Lipinski definition) is 6. The number of nitrogens with one attached hydrogen (secondary N) is 4. The van der Waals surface area contributed by atoms with E-state index in [2.05, 4.69) is 26.4 Å².